The maximum absolute atomic E-state index is 13.2. The molecule has 3 aromatic rings. The second kappa shape index (κ2) is 7.85. The lowest BCUT2D eigenvalue weighted by molar-refractivity contribution is 0.0748. The summed E-state index contributed by atoms with van der Waals surface area (Å²) in [6, 6.07) is 10.4. The maximum Gasteiger partial charge on any atom is 0.259 e. The molecule has 0 spiro atoms. The van der Waals surface area contributed by atoms with Gasteiger partial charge in [-0.2, -0.15) is 5.10 Å². The molecule has 1 saturated heterocycles. The zero-order valence-electron chi connectivity index (χ0n) is 16.8. The zero-order valence-corrected chi connectivity index (χ0v) is 16.8. The Labute approximate surface area is 171 Å². The van der Waals surface area contributed by atoms with Gasteiger partial charge in [0.2, 0.25) is 0 Å². The number of carbonyl (C=O) groups is 1. The minimum atomic E-state index is 0.0472. The number of hydrogen-bond acceptors (Lipinski definition) is 4. The lowest BCUT2D eigenvalue weighted by atomic mass is 9.98. The molecular formula is C23H27N5O. The Balaban J connectivity index is 1.36. The number of piperazine rings is 1. The summed E-state index contributed by atoms with van der Waals surface area (Å²) in [5.41, 5.74) is 5.08. The summed E-state index contributed by atoms with van der Waals surface area (Å²) < 4.78 is 1.92. The van der Waals surface area contributed by atoms with E-state index in [1.54, 1.807) is 6.20 Å². The van der Waals surface area contributed by atoms with Crippen molar-refractivity contribution in [3.8, 4) is 0 Å². The van der Waals surface area contributed by atoms with Gasteiger partial charge in [-0.25, -0.2) is 9.50 Å². The van der Waals surface area contributed by atoms with E-state index in [1.165, 1.54) is 42.6 Å². The molecule has 0 radical (unpaired) electrons. The van der Waals surface area contributed by atoms with Crippen LogP contribution in [-0.4, -0.2) is 51.6 Å². The lowest BCUT2D eigenvalue weighted by Crippen LogP contribution is -2.48. The Bertz CT molecular complexity index is 1000. The number of rotatable bonds is 2. The molecule has 2 aliphatic rings. The summed E-state index contributed by atoms with van der Waals surface area (Å²) >= 11 is 0. The van der Waals surface area contributed by atoms with Gasteiger partial charge in [0, 0.05) is 43.8 Å². The highest BCUT2D eigenvalue weighted by Gasteiger charge is 2.26. The average Bonchev–Trinajstić information content (AvgIpc) is 3.18. The van der Waals surface area contributed by atoms with Crippen LogP contribution in [-0.2, 0) is 12.8 Å². The highest BCUT2D eigenvalue weighted by Crippen LogP contribution is 2.23. The van der Waals surface area contributed by atoms with Gasteiger partial charge in [-0.3, -0.25) is 4.79 Å². The van der Waals surface area contributed by atoms with Gasteiger partial charge < -0.3 is 9.80 Å². The van der Waals surface area contributed by atoms with Crippen molar-refractivity contribution in [1.82, 2.24) is 19.5 Å². The predicted molar refractivity (Wildman–Crippen MR) is 113 cm³/mol. The molecule has 1 amide bonds. The van der Waals surface area contributed by atoms with Crippen LogP contribution in [0.5, 0.6) is 0 Å². The minimum absolute atomic E-state index is 0.0472. The maximum atomic E-state index is 13.2. The summed E-state index contributed by atoms with van der Waals surface area (Å²) in [5, 5.41) is 4.58. The standard InChI is InChI=1S/C23H27N5O/c29-23(27-14-12-26(13-15-27)19-9-5-3-6-10-19)20-17-25-28-21-11-7-2-1-4-8-18(21)16-24-22(20)28/h3,5-6,9-10,16-17H,1-2,4,7-8,11-15H2. The molecule has 0 unspecified atom stereocenters. The van der Waals surface area contributed by atoms with Crippen LogP contribution in [0.1, 0.15) is 47.3 Å². The Morgan fingerprint density at radius 2 is 1.62 bits per heavy atom. The third-order valence-corrected chi connectivity index (χ3v) is 6.24. The number of benzene rings is 1. The van der Waals surface area contributed by atoms with Crippen molar-refractivity contribution in [3.63, 3.8) is 0 Å². The molecule has 0 N–H and O–H groups in total. The topological polar surface area (TPSA) is 53.7 Å². The van der Waals surface area contributed by atoms with Crippen LogP contribution in [0.25, 0.3) is 5.65 Å². The van der Waals surface area contributed by atoms with E-state index in [0.29, 0.717) is 11.2 Å². The third-order valence-electron chi connectivity index (χ3n) is 6.24. The first-order valence-electron chi connectivity index (χ1n) is 10.7. The van der Waals surface area contributed by atoms with Crippen LogP contribution in [0.4, 0.5) is 5.69 Å². The summed E-state index contributed by atoms with van der Waals surface area (Å²) in [5.74, 6) is 0.0472. The first kappa shape index (κ1) is 18.2. The number of aryl methyl sites for hydroxylation is 2. The summed E-state index contributed by atoms with van der Waals surface area (Å²) in [7, 11) is 0. The number of aromatic nitrogens is 3. The van der Waals surface area contributed by atoms with Crippen LogP contribution < -0.4 is 4.90 Å². The number of carbonyl (C=O) groups excluding carboxylic acids is 1. The van der Waals surface area contributed by atoms with E-state index < -0.39 is 0 Å². The molecule has 0 saturated carbocycles. The molecule has 0 bridgehead atoms. The quantitative estimate of drug-likeness (QED) is 0.674. The number of hydrogen-bond donors (Lipinski definition) is 0. The van der Waals surface area contributed by atoms with Crippen LogP contribution in [0.3, 0.4) is 0 Å². The van der Waals surface area contributed by atoms with Gasteiger partial charge in [0.25, 0.3) is 5.91 Å². The predicted octanol–water partition coefficient (Wildman–Crippen LogP) is 3.35. The van der Waals surface area contributed by atoms with E-state index >= 15 is 0 Å². The van der Waals surface area contributed by atoms with Crippen molar-refractivity contribution in [2.45, 2.75) is 38.5 Å². The number of fused-ring (bicyclic) bond motifs is 3. The molecule has 1 fully saturated rings. The number of para-hydroxylation sites is 1. The van der Waals surface area contributed by atoms with Gasteiger partial charge in [0.1, 0.15) is 5.56 Å². The summed E-state index contributed by atoms with van der Waals surface area (Å²) in [6.45, 7) is 3.13. The fraction of sp³-hybridized carbons (Fsp3) is 0.435. The van der Waals surface area contributed by atoms with Crippen LogP contribution in [0.15, 0.2) is 42.7 Å². The van der Waals surface area contributed by atoms with Crippen molar-refractivity contribution in [3.05, 3.63) is 59.5 Å². The van der Waals surface area contributed by atoms with Crippen molar-refractivity contribution < 1.29 is 4.79 Å². The molecule has 1 aliphatic carbocycles. The van der Waals surface area contributed by atoms with Crippen LogP contribution in [0, 0.1) is 0 Å². The molecule has 2 aromatic heterocycles. The van der Waals surface area contributed by atoms with Crippen LogP contribution >= 0.6 is 0 Å². The van der Waals surface area contributed by atoms with E-state index in [-0.39, 0.29) is 5.91 Å². The Hall–Kier alpha value is -2.89. The summed E-state index contributed by atoms with van der Waals surface area (Å²) in [4.78, 5) is 22.1. The highest BCUT2D eigenvalue weighted by molar-refractivity contribution is 5.99. The Morgan fingerprint density at radius 1 is 0.862 bits per heavy atom. The lowest BCUT2D eigenvalue weighted by Gasteiger charge is -2.36. The SMILES string of the molecule is O=C(c1cnn2c3c(cnc12)CCCCCC3)N1CCN(c2ccccc2)CC1. The van der Waals surface area contributed by atoms with E-state index in [0.717, 1.165) is 39.0 Å². The zero-order chi connectivity index (χ0) is 19.6. The molecule has 6 nitrogen and oxygen atoms in total. The molecule has 1 aromatic carbocycles. The first-order chi connectivity index (χ1) is 14.3. The molecular weight excluding hydrogens is 362 g/mol. The van der Waals surface area contributed by atoms with Crippen molar-refractivity contribution in [1.29, 1.82) is 0 Å². The number of anilines is 1. The molecule has 0 atom stereocenters. The second-order valence-corrected chi connectivity index (χ2v) is 8.05. The Kier molecular flexibility index (Phi) is 4.92. The van der Waals surface area contributed by atoms with E-state index in [2.05, 4.69) is 39.2 Å². The first-order valence-corrected chi connectivity index (χ1v) is 10.7. The fourth-order valence-electron chi connectivity index (χ4n) is 4.58. The summed E-state index contributed by atoms with van der Waals surface area (Å²) in [6.07, 6.45) is 10.7. The molecule has 150 valence electrons. The molecule has 6 heteroatoms. The third kappa shape index (κ3) is 3.48. The minimum Gasteiger partial charge on any atom is -0.368 e. The number of amides is 1. The molecule has 3 heterocycles. The van der Waals surface area contributed by atoms with Gasteiger partial charge in [-0.15, -0.1) is 0 Å². The van der Waals surface area contributed by atoms with Crippen LogP contribution in [0.2, 0.25) is 0 Å². The van der Waals surface area contributed by atoms with Gasteiger partial charge in [0.05, 0.1) is 6.20 Å². The van der Waals surface area contributed by atoms with Gasteiger partial charge in [-0.05, 0) is 43.4 Å². The molecule has 29 heavy (non-hydrogen) atoms. The second-order valence-electron chi connectivity index (χ2n) is 8.05. The smallest absolute Gasteiger partial charge is 0.259 e. The van der Waals surface area contributed by atoms with Gasteiger partial charge >= 0.3 is 0 Å². The normalized spacial score (nSPS) is 17.7. The average molecular weight is 390 g/mol. The van der Waals surface area contributed by atoms with E-state index in [4.69, 9.17) is 0 Å². The monoisotopic (exact) mass is 389 g/mol. The highest BCUT2D eigenvalue weighted by atomic mass is 16.2. The van der Waals surface area contributed by atoms with Gasteiger partial charge in [-0.1, -0.05) is 31.0 Å². The molecule has 5 rings (SSSR count). The van der Waals surface area contributed by atoms with Crippen molar-refractivity contribution in [2.75, 3.05) is 31.1 Å². The molecule has 1 aliphatic heterocycles. The fourth-order valence-corrected chi connectivity index (χ4v) is 4.58. The number of nitrogens with zero attached hydrogens (tertiary/aromatic N) is 5. The van der Waals surface area contributed by atoms with E-state index in [1.807, 2.05) is 21.7 Å². The van der Waals surface area contributed by atoms with E-state index in [9.17, 15) is 4.79 Å². The van der Waals surface area contributed by atoms with Gasteiger partial charge in [0.15, 0.2) is 5.65 Å². The van der Waals surface area contributed by atoms with Crippen molar-refractivity contribution >= 4 is 17.2 Å². The largest absolute Gasteiger partial charge is 0.368 e. The Morgan fingerprint density at radius 3 is 2.41 bits per heavy atom. The van der Waals surface area contributed by atoms with Crippen molar-refractivity contribution in [2.24, 2.45) is 0 Å².